The maximum Gasteiger partial charge on any atom is 0.322 e. The van der Waals surface area contributed by atoms with Crippen molar-refractivity contribution in [2.24, 2.45) is 0 Å². The van der Waals surface area contributed by atoms with Crippen LogP contribution in [-0.2, 0) is 6.54 Å². The van der Waals surface area contributed by atoms with Gasteiger partial charge in [-0.1, -0.05) is 48.5 Å². The number of urea groups is 1. The van der Waals surface area contributed by atoms with E-state index in [0.29, 0.717) is 6.54 Å². The van der Waals surface area contributed by atoms with Gasteiger partial charge in [-0.15, -0.1) is 11.8 Å². The minimum atomic E-state index is -0.206. The molecule has 2 heterocycles. The summed E-state index contributed by atoms with van der Waals surface area (Å²) in [6.07, 6.45) is 4.12. The molecule has 1 N–H and O–H groups in total. The highest BCUT2D eigenvalue weighted by Crippen LogP contribution is 2.38. The Morgan fingerprint density at radius 2 is 1.78 bits per heavy atom. The molecule has 1 aliphatic heterocycles. The number of hydrogen-bond acceptors (Lipinski definition) is 2. The van der Waals surface area contributed by atoms with E-state index in [1.807, 2.05) is 53.6 Å². The van der Waals surface area contributed by atoms with Crippen molar-refractivity contribution in [2.45, 2.75) is 24.4 Å². The van der Waals surface area contributed by atoms with Crippen LogP contribution in [0.1, 0.15) is 28.4 Å². The number of anilines is 1. The second-order valence-electron chi connectivity index (χ2n) is 7.98. The van der Waals surface area contributed by atoms with Crippen molar-refractivity contribution in [1.29, 1.82) is 0 Å². The van der Waals surface area contributed by atoms with Crippen molar-refractivity contribution in [2.75, 3.05) is 11.6 Å². The van der Waals surface area contributed by atoms with Crippen LogP contribution in [0.25, 0.3) is 5.69 Å². The highest BCUT2D eigenvalue weighted by Gasteiger charge is 2.33. The summed E-state index contributed by atoms with van der Waals surface area (Å²) in [4.78, 5) is 16.8. The van der Waals surface area contributed by atoms with Crippen LogP contribution in [0.15, 0.2) is 96.0 Å². The SMILES string of the molecule is CSc1cccc(NC(=O)N2Cc3ccccc3-n3cccc3[C@H]2c2ccccc2C)c1. The number of amides is 2. The lowest BCUT2D eigenvalue weighted by Crippen LogP contribution is -2.38. The number of benzene rings is 3. The van der Waals surface area contributed by atoms with E-state index in [0.717, 1.165) is 33.1 Å². The first-order valence-electron chi connectivity index (χ1n) is 10.7. The fourth-order valence-corrected chi connectivity index (χ4v) is 4.92. The molecule has 0 unspecified atom stereocenters. The van der Waals surface area contributed by atoms with E-state index >= 15 is 0 Å². The van der Waals surface area contributed by atoms with E-state index in [9.17, 15) is 4.79 Å². The molecule has 0 radical (unpaired) electrons. The van der Waals surface area contributed by atoms with Gasteiger partial charge in [0.1, 0.15) is 6.04 Å². The van der Waals surface area contributed by atoms with Crippen molar-refractivity contribution in [3.05, 3.63) is 114 Å². The summed E-state index contributed by atoms with van der Waals surface area (Å²) in [5, 5.41) is 3.15. The van der Waals surface area contributed by atoms with Crippen LogP contribution in [0, 0.1) is 6.92 Å². The molecule has 0 aliphatic carbocycles. The van der Waals surface area contributed by atoms with Gasteiger partial charge in [0.15, 0.2) is 0 Å². The van der Waals surface area contributed by atoms with Gasteiger partial charge in [0.2, 0.25) is 0 Å². The Morgan fingerprint density at radius 3 is 2.62 bits per heavy atom. The Balaban J connectivity index is 1.63. The molecule has 5 heteroatoms. The lowest BCUT2D eigenvalue weighted by atomic mass is 9.97. The predicted octanol–water partition coefficient (Wildman–Crippen LogP) is 6.64. The van der Waals surface area contributed by atoms with Crippen molar-refractivity contribution in [3.63, 3.8) is 0 Å². The van der Waals surface area contributed by atoms with Gasteiger partial charge >= 0.3 is 6.03 Å². The van der Waals surface area contributed by atoms with Gasteiger partial charge in [-0.2, -0.15) is 0 Å². The van der Waals surface area contributed by atoms with Gasteiger partial charge in [0.05, 0.1) is 12.2 Å². The van der Waals surface area contributed by atoms with Gasteiger partial charge in [-0.05, 0) is 66.3 Å². The van der Waals surface area contributed by atoms with Crippen molar-refractivity contribution in [1.82, 2.24) is 9.47 Å². The molecule has 0 bridgehead atoms. The van der Waals surface area contributed by atoms with Crippen molar-refractivity contribution < 1.29 is 4.79 Å². The summed E-state index contributed by atoms with van der Waals surface area (Å²) in [6, 6.07) is 28.5. The molecule has 1 aromatic heterocycles. The molecule has 2 amide bonds. The van der Waals surface area contributed by atoms with Crippen molar-refractivity contribution in [3.8, 4) is 5.69 Å². The fourth-order valence-electron chi connectivity index (χ4n) is 4.46. The van der Waals surface area contributed by atoms with Crippen LogP contribution in [0.5, 0.6) is 0 Å². The first-order chi connectivity index (χ1) is 15.7. The molecule has 4 nitrogen and oxygen atoms in total. The summed E-state index contributed by atoms with van der Waals surface area (Å²) >= 11 is 1.66. The molecule has 32 heavy (non-hydrogen) atoms. The number of nitrogens with one attached hydrogen (secondary N) is 1. The van der Waals surface area contributed by atoms with Crippen LogP contribution in [-0.4, -0.2) is 21.8 Å². The summed E-state index contributed by atoms with van der Waals surface area (Å²) in [5.41, 5.74) is 6.42. The van der Waals surface area contributed by atoms with Crippen LogP contribution >= 0.6 is 11.8 Å². The third-order valence-electron chi connectivity index (χ3n) is 6.03. The largest absolute Gasteiger partial charge is 0.322 e. The second kappa shape index (κ2) is 8.60. The molecule has 3 aromatic carbocycles. The summed E-state index contributed by atoms with van der Waals surface area (Å²) in [6.45, 7) is 2.63. The van der Waals surface area contributed by atoms with Gasteiger partial charge in [0.25, 0.3) is 0 Å². The van der Waals surface area contributed by atoms with Crippen LogP contribution in [0.4, 0.5) is 10.5 Å². The zero-order chi connectivity index (χ0) is 22.1. The maximum absolute atomic E-state index is 13.8. The minimum Gasteiger partial charge on any atom is -0.318 e. The lowest BCUT2D eigenvalue weighted by Gasteiger charge is -2.32. The van der Waals surface area contributed by atoms with Gasteiger partial charge in [-0.3, -0.25) is 0 Å². The van der Waals surface area contributed by atoms with Gasteiger partial charge < -0.3 is 14.8 Å². The summed E-state index contributed by atoms with van der Waals surface area (Å²) < 4.78 is 2.22. The number of rotatable bonds is 3. The number of para-hydroxylation sites is 1. The molecule has 0 fully saturated rings. The standard InChI is InChI=1S/C27H25N3OS/c1-19-9-3-5-13-23(19)26-25-15-8-16-29(25)24-14-6-4-10-20(24)18-30(26)27(31)28-21-11-7-12-22(17-21)32-2/h3-17,26H,18H2,1-2H3,(H,28,31)/t26-/m1/s1. The Kier molecular flexibility index (Phi) is 5.50. The highest BCUT2D eigenvalue weighted by molar-refractivity contribution is 7.98. The number of aryl methyl sites for hydroxylation is 1. The summed E-state index contributed by atoms with van der Waals surface area (Å²) in [7, 11) is 0. The zero-order valence-corrected chi connectivity index (χ0v) is 19.0. The summed E-state index contributed by atoms with van der Waals surface area (Å²) in [5.74, 6) is 0. The first-order valence-corrected chi connectivity index (χ1v) is 11.9. The molecule has 160 valence electrons. The molecule has 0 saturated carbocycles. The normalized spacial score (nSPS) is 14.9. The van der Waals surface area contributed by atoms with Gasteiger partial charge in [-0.25, -0.2) is 4.79 Å². The molecular weight excluding hydrogens is 414 g/mol. The number of aromatic nitrogens is 1. The Morgan fingerprint density at radius 1 is 0.969 bits per heavy atom. The number of thioether (sulfide) groups is 1. The smallest absolute Gasteiger partial charge is 0.318 e. The third kappa shape index (κ3) is 3.69. The Bertz CT molecular complexity index is 1280. The molecule has 4 aromatic rings. The fraction of sp³-hybridized carbons (Fsp3) is 0.148. The second-order valence-corrected chi connectivity index (χ2v) is 8.86. The number of carbonyl (C=O) groups excluding carboxylic acids is 1. The third-order valence-corrected chi connectivity index (χ3v) is 6.75. The topological polar surface area (TPSA) is 37.3 Å². The highest BCUT2D eigenvalue weighted by atomic mass is 32.2. The van der Waals surface area contributed by atoms with Crippen LogP contribution in [0.3, 0.4) is 0 Å². The monoisotopic (exact) mass is 439 g/mol. The minimum absolute atomic E-state index is 0.110. The Labute approximate surface area is 192 Å². The number of fused-ring (bicyclic) bond motifs is 3. The van der Waals surface area contributed by atoms with E-state index in [1.165, 1.54) is 5.56 Å². The quantitative estimate of drug-likeness (QED) is 0.363. The average Bonchev–Trinajstić information content (AvgIpc) is 3.24. The number of nitrogens with zero attached hydrogens (tertiary/aromatic N) is 2. The average molecular weight is 440 g/mol. The van der Waals surface area contributed by atoms with E-state index in [2.05, 4.69) is 65.5 Å². The van der Waals surface area contributed by atoms with E-state index in [-0.39, 0.29) is 12.1 Å². The molecule has 5 rings (SSSR count). The van der Waals surface area contributed by atoms with Crippen LogP contribution in [0.2, 0.25) is 0 Å². The van der Waals surface area contributed by atoms with E-state index < -0.39 is 0 Å². The lowest BCUT2D eigenvalue weighted by molar-refractivity contribution is 0.194. The molecule has 1 atom stereocenters. The first kappa shape index (κ1) is 20.5. The molecule has 0 spiro atoms. The van der Waals surface area contributed by atoms with Gasteiger partial charge in [0, 0.05) is 22.5 Å². The maximum atomic E-state index is 13.8. The molecule has 0 saturated heterocycles. The molecule has 1 aliphatic rings. The predicted molar refractivity (Wildman–Crippen MR) is 132 cm³/mol. The van der Waals surface area contributed by atoms with Crippen molar-refractivity contribution >= 4 is 23.5 Å². The zero-order valence-electron chi connectivity index (χ0n) is 18.2. The van der Waals surface area contributed by atoms with E-state index in [4.69, 9.17) is 0 Å². The van der Waals surface area contributed by atoms with Crippen LogP contribution < -0.4 is 5.32 Å². The number of hydrogen-bond donors (Lipinski definition) is 1. The molecular formula is C27H25N3OS. The van der Waals surface area contributed by atoms with E-state index in [1.54, 1.807) is 11.8 Å². The Hall–Kier alpha value is -3.44. The number of carbonyl (C=O) groups is 1.